The van der Waals surface area contributed by atoms with Crippen LogP contribution in [0.1, 0.15) is 42.9 Å². The van der Waals surface area contributed by atoms with E-state index >= 15 is 0 Å². The van der Waals surface area contributed by atoms with Crippen LogP contribution in [0.15, 0.2) is 18.2 Å². The molecule has 2 N–H and O–H groups in total. The molecule has 1 aromatic rings. The number of benzene rings is 1. The number of carbonyl (C=O) groups is 1. The third-order valence-electron chi connectivity index (χ3n) is 3.52. The van der Waals surface area contributed by atoms with Gasteiger partial charge in [-0.25, -0.2) is 0 Å². The largest absolute Gasteiger partial charge is 0.469 e. The third kappa shape index (κ3) is 3.33. The monoisotopic (exact) mass is 249 g/mol. The van der Waals surface area contributed by atoms with E-state index in [0.717, 1.165) is 5.56 Å². The summed E-state index contributed by atoms with van der Waals surface area (Å²) in [6, 6.07) is 6.12. The van der Waals surface area contributed by atoms with E-state index in [2.05, 4.69) is 19.9 Å². The number of hydrogen-bond acceptors (Lipinski definition) is 3. The van der Waals surface area contributed by atoms with Crippen LogP contribution >= 0.6 is 0 Å². The molecule has 1 aromatic carbocycles. The number of esters is 1. The van der Waals surface area contributed by atoms with Crippen molar-refractivity contribution in [2.75, 3.05) is 7.11 Å². The second kappa shape index (κ2) is 5.53. The van der Waals surface area contributed by atoms with Crippen molar-refractivity contribution in [2.45, 2.75) is 45.6 Å². The summed E-state index contributed by atoms with van der Waals surface area (Å²) in [4.78, 5) is 11.6. The Morgan fingerprint density at radius 3 is 2.50 bits per heavy atom. The van der Waals surface area contributed by atoms with Gasteiger partial charge in [-0.3, -0.25) is 4.79 Å². The molecule has 0 aromatic heterocycles. The maximum Gasteiger partial charge on any atom is 0.306 e. The molecule has 0 aliphatic carbocycles. The maximum atomic E-state index is 11.6. The van der Waals surface area contributed by atoms with Gasteiger partial charge in [0.15, 0.2) is 0 Å². The summed E-state index contributed by atoms with van der Waals surface area (Å²) >= 11 is 0. The number of methoxy groups -OCH3 is 1. The molecule has 100 valence electrons. The van der Waals surface area contributed by atoms with Gasteiger partial charge in [0.25, 0.3) is 0 Å². The highest BCUT2D eigenvalue weighted by Crippen LogP contribution is 2.33. The predicted molar refractivity (Wildman–Crippen MR) is 73.6 cm³/mol. The van der Waals surface area contributed by atoms with E-state index in [0.29, 0.717) is 6.42 Å². The molecule has 1 unspecified atom stereocenters. The highest BCUT2D eigenvalue weighted by molar-refractivity contribution is 5.71. The highest BCUT2D eigenvalue weighted by atomic mass is 16.5. The lowest BCUT2D eigenvalue weighted by Crippen LogP contribution is -2.40. The van der Waals surface area contributed by atoms with Crippen LogP contribution in [0.25, 0.3) is 0 Å². The summed E-state index contributed by atoms with van der Waals surface area (Å²) in [5.41, 5.74) is 9.31. The zero-order valence-electron chi connectivity index (χ0n) is 11.9. The molecule has 3 heteroatoms. The Kier molecular flexibility index (Phi) is 4.52. The van der Waals surface area contributed by atoms with Crippen molar-refractivity contribution < 1.29 is 9.53 Å². The number of ether oxygens (including phenoxy) is 1. The maximum absolute atomic E-state index is 11.6. The smallest absolute Gasteiger partial charge is 0.306 e. The van der Waals surface area contributed by atoms with Crippen molar-refractivity contribution in [2.24, 2.45) is 5.73 Å². The molecule has 18 heavy (non-hydrogen) atoms. The molecule has 0 bridgehead atoms. The number of aryl methyl sites for hydroxylation is 1. The topological polar surface area (TPSA) is 52.3 Å². The van der Waals surface area contributed by atoms with Gasteiger partial charge in [-0.05, 0) is 44.4 Å². The van der Waals surface area contributed by atoms with Gasteiger partial charge in [0.1, 0.15) is 0 Å². The number of carbonyl (C=O) groups excluding carboxylic acids is 1. The molecular formula is C15H23NO2. The first kappa shape index (κ1) is 14.7. The predicted octanol–water partition coefficient (Wildman–Crippen LogP) is 2.69. The molecule has 0 aliphatic rings. The Labute approximate surface area is 109 Å². The Balaban J connectivity index is 3.18. The van der Waals surface area contributed by atoms with Gasteiger partial charge in [-0.15, -0.1) is 0 Å². The van der Waals surface area contributed by atoms with E-state index in [1.807, 2.05) is 26.0 Å². The molecule has 0 spiro atoms. The quantitative estimate of drug-likeness (QED) is 0.835. The average molecular weight is 249 g/mol. The first-order chi connectivity index (χ1) is 8.27. The van der Waals surface area contributed by atoms with Gasteiger partial charge < -0.3 is 10.5 Å². The zero-order chi connectivity index (χ0) is 13.9. The van der Waals surface area contributed by atoms with Crippen LogP contribution in [0.4, 0.5) is 0 Å². The van der Waals surface area contributed by atoms with E-state index in [4.69, 9.17) is 10.5 Å². The SMILES string of the molecule is COC(=O)CC(c1cccc(C)c1C)C(C)(C)N. The summed E-state index contributed by atoms with van der Waals surface area (Å²) in [5.74, 6) is -0.260. The summed E-state index contributed by atoms with van der Waals surface area (Å²) in [6.07, 6.45) is 0.310. The zero-order valence-corrected chi connectivity index (χ0v) is 11.9. The van der Waals surface area contributed by atoms with Gasteiger partial charge in [0.2, 0.25) is 0 Å². The van der Waals surface area contributed by atoms with Gasteiger partial charge >= 0.3 is 5.97 Å². The Hall–Kier alpha value is -1.35. The average Bonchev–Trinajstić information content (AvgIpc) is 2.28. The van der Waals surface area contributed by atoms with Crippen molar-refractivity contribution in [3.63, 3.8) is 0 Å². The lowest BCUT2D eigenvalue weighted by Gasteiger charge is -2.31. The van der Waals surface area contributed by atoms with Gasteiger partial charge in [-0.1, -0.05) is 18.2 Å². The van der Waals surface area contributed by atoms with Gasteiger partial charge in [0, 0.05) is 11.5 Å². The molecule has 0 saturated heterocycles. The summed E-state index contributed by atoms with van der Waals surface area (Å²) in [6.45, 7) is 8.03. The highest BCUT2D eigenvalue weighted by Gasteiger charge is 2.30. The van der Waals surface area contributed by atoms with Crippen LogP contribution in [0, 0.1) is 13.8 Å². The van der Waals surface area contributed by atoms with Crippen molar-refractivity contribution in [3.05, 3.63) is 34.9 Å². The molecule has 0 radical (unpaired) electrons. The third-order valence-corrected chi connectivity index (χ3v) is 3.52. The van der Waals surface area contributed by atoms with Crippen molar-refractivity contribution in [3.8, 4) is 0 Å². The van der Waals surface area contributed by atoms with E-state index in [-0.39, 0.29) is 11.9 Å². The van der Waals surface area contributed by atoms with Crippen molar-refractivity contribution >= 4 is 5.97 Å². The van der Waals surface area contributed by atoms with Crippen LogP contribution < -0.4 is 5.73 Å². The Bertz CT molecular complexity index is 433. The fourth-order valence-electron chi connectivity index (χ4n) is 2.18. The molecule has 1 atom stereocenters. The molecule has 0 amide bonds. The van der Waals surface area contributed by atoms with Crippen LogP contribution in [0.3, 0.4) is 0 Å². The first-order valence-corrected chi connectivity index (χ1v) is 6.19. The van der Waals surface area contributed by atoms with E-state index < -0.39 is 5.54 Å². The minimum atomic E-state index is -0.466. The normalized spacial score (nSPS) is 13.2. The van der Waals surface area contributed by atoms with Crippen LogP contribution in [0.5, 0.6) is 0 Å². The van der Waals surface area contributed by atoms with Crippen molar-refractivity contribution in [1.82, 2.24) is 0 Å². The number of rotatable bonds is 4. The number of hydrogen-bond donors (Lipinski definition) is 1. The van der Waals surface area contributed by atoms with Crippen LogP contribution in [-0.4, -0.2) is 18.6 Å². The van der Waals surface area contributed by atoms with E-state index in [9.17, 15) is 4.79 Å². The molecule has 1 rings (SSSR count). The lowest BCUT2D eigenvalue weighted by molar-refractivity contribution is -0.141. The summed E-state index contributed by atoms with van der Waals surface area (Å²) in [5, 5.41) is 0. The fourth-order valence-corrected chi connectivity index (χ4v) is 2.18. The molecular weight excluding hydrogens is 226 g/mol. The van der Waals surface area contributed by atoms with Crippen LogP contribution in [0.2, 0.25) is 0 Å². The van der Waals surface area contributed by atoms with E-state index in [1.165, 1.54) is 18.2 Å². The van der Waals surface area contributed by atoms with Crippen LogP contribution in [-0.2, 0) is 9.53 Å². The minimum Gasteiger partial charge on any atom is -0.469 e. The standard InChI is InChI=1S/C15H23NO2/c1-10-7-6-8-12(11(10)2)13(15(3,4)16)9-14(17)18-5/h6-8,13H,9,16H2,1-5H3. The Morgan fingerprint density at radius 2 is 2.00 bits per heavy atom. The van der Waals surface area contributed by atoms with Gasteiger partial charge in [-0.2, -0.15) is 0 Å². The molecule has 0 saturated carbocycles. The number of nitrogens with two attached hydrogens (primary N) is 1. The molecule has 3 nitrogen and oxygen atoms in total. The van der Waals surface area contributed by atoms with Gasteiger partial charge in [0.05, 0.1) is 13.5 Å². The second-order valence-electron chi connectivity index (χ2n) is 5.44. The molecule has 0 aliphatic heterocycles. The summed E-state index contributed by atoms with van der Waals surface area (Å²) in [7, 11) is 1.41. The lowest BCUT2D eigenvalue weighted by atomic mass is 9.78. The van der Waals surface area contributed by atoms with Crippen molar-refractivity contribution in [1.29, 1.82) is 0 Å². The Morgan fingerprint density at radius 1 is 1.39 bits per heavy atom. The minimum absolute atomic E-state index is 0.0372. The second-order valence-corrected chi connectivity index (χ2v) is 5.44. The van der Waals surface area contributed by atoms with E-state index in [1.54, 1.807) is 0 Å². The molecule has 0 fully saturated rings. The fraction of sp³-hybridized carbons (Fsp3) is 0.533. The molecule has 0 heterocycles. The summed E-state index contributed by atoms with van der Waals surface area (Å²) < 4.78 is 4.77. The first-order valence-electron chi connectivity index (χ1n) is 6.19.